The van der Waals surface area contributed by atoms with Crippen LogP contribution in [0.2, 0.25) is 0 Å². The summed E-state index contributed by atoms with van der Waals surface area (Å²) in [4.78, 5) is 34.5. The summed E-state index contributed by atoms with van der Waals surface area (Å²) >= 11 is 0. The van der Waals surface area contributed by atoms with Crippen LogP contribution in [0.25, 0.3) is 0 Å². The molecule has 19 heavy (non-hydrogen) atoms. The molecule has 0 aliphatic rings. The Labute approximate surface area is 111 Å². The molecule has 0 aromatic heterocycles. The van der Waals surface area contributed by atoms with Crippen LogP contribution in [0.5, 0.6) is 0 Å². The van der Waals surface area contributed by atoms with Crippen LogP contribution >= 0.6 is 0 Å². The van der Waals surface area contributed by atoms with E-state index in [1.54, 1.807) is 6.92 Å². The molecule has 0 N–H and O–H groups in total. The number of rotatable bonds is 7. The van der Waals surface area contributed by atoms with Crippen molar-refractivity contribution in [2.24, 2.45) is 11.8 Å². The van der Waals surface area contributed by atoms with Gasteiger partial charge in [-0.3, -0.25) is 14.4 Å². The Morgan fingerprint density at radius 3 is 1.79 bits per heavy atom. The standard InChI is InChI=1S/C12H19FO6/c1-5-8(13)7(6-9(14)17-2)10(11(15)18-3)12(16)19-4/h7-8,10H,5-6H2,1-4H3. The Kier molecular flexibility index (Phi) is 7.71. The minimum atomic E-state index is -1.53. The van der Waals surface area contributed by atoms with E-state index >= 15 is 0 Å². The van der Waals surface area contributed by atoms with Crippen LogP contribution in [0.3, 0.4) is 0 Å². The van der Waals surface area contributed by atoms with Crippen LogP contribution in [0.1, 0.15) is 19.8 Å². The molecule has 0 saturated heterocycles. The van der Waals surface area contributed by atoms with E-state index in [1.165, 1.54) is 0 Å². The van der Waals surface area contributed by atoms with Gasteiger partial charge in [-0.25, -0.2) is 4.39 Å². The normalized spacial score (nSPS) is 13.6. The minimum absolute atomic E-state index is 0.0478. The molecule has 2 unspecified atom stereocenters. The van der Waals surface area contributed by atoms with E-state index in [1.807, 2.05) is 0 Å². The zero-order valence-corrected chi connectivity index (χ0v) is 11.5. The maximum Gasteiger partial charge on any atom is 0.320 e. The number of hydrogen-bond donors (Lipinski definition) is 0. The van der Waals surface area contributed by atoms with E-state index in [0.29, 0.717) is 0 Å². The van der Waals surface area contributed by atoms with Crippen molar-refractivity contribution >= 4 is 17.9 Å². The summed E-state index contributed by atoms with van der Waals surface area (Å²) in [5.41, 5.74) is 0. The Balaban J connectivity index is 5.28. The van der Waals surface area contributed by atoms with Crippen molar-refractivity contribution in [2.75, 3.05) is 21.3 Å². The predicted octanol–water partition coefficient (Wildman–Crippen LogP) is 0.876. The van der Waals surface area contributed by atoms with Crippen LogP contribution in [0, 0.1) is 11.8 Å². The van der Waals surface area contributed by atoms with Gasteiger partial charge in [0.05, 0.1) is 27.8 Å². The van der Waals surface area contributed by atoms with Gasteiger partial charge in [0.15, 0.2) is 5.92 Å². The number of carbonyl (C=O) groups is 3. The van der Waals surface area contributed by atoms with Gasteiger partial charge in [0.2, 0.25) is 0 Å². The summed E-state index contributed by atoms with van der Waals surface area (Å²) < 4.78 is 27.3. The summed E-state index contributed by atoms with van der Waals surface area (Å²) in [6, 6.07) is 0. The van der Waals surface area contributed by atoms with Crippen LogP contribution in [-0.2, 0) is 28.6 Å². The lowest BCUT2D eigenvalue weighted by Gasteiger charge is -2.24. The summed E-state index contributed by atoms with van der Waals surface area (Å²) in [5.74, 6) is -5.23. The molecular formula is C12H19FO6. The number of carbonyl (C=O) groups excluding carboxylic acids is 3. The number of hydrogen-bond acceptors (Lipinski definition) is 6. The van der Waals surface area contributed by atoms with E-state index in [0.717, 1.165) is 21.3 Å². The highest BCUT2D eigenvalue weighted by molar-refractivity contribution is 5.95. The molecule has 0 aliphatic carbocycles. The van der Waals surface area contributed by atoms with Gasteiger partial charge in [-0.05, 0) is 6.42 Å². The molecule has 0 fully saturated rings. The maximum atomic E-state index is 13.9. The third-order valence-electron chi connectivity index (χ3n) is 2.82. The molecule has 0 radical (unpaired) electrons. The highest BCUT2D eigenvalue weighted by Crippen LogP contribution is 2.27. The van der Waals surface area contributed by atoms with Crippen molar-refractivity contribution in [1.82, 2.24) is 0 Å². The van der Waals surface area contributed by atoms with Gasteiger partial charge >= 0.3 is 17.9 Å². The summed E-state index contributed by atoms with van der Waals surface area (Å²) in [6.45, 7) is 1.54. The first-order chi connectivity index (χ1) is 8.92. The lowest BCUT2D eigenvalue weighted by molar-refractivity contribution is -0.164. The van der Waals surface area contributed by atoms with E-state index in [-0.39, 0.29) is 6.42 Å². The summed E-state index contributed by atoms with van der Waals surface area (Å²) in [7, 11) is 3.29. The van der Waals surface area contributed by atoms with Gasteiger partial charge in [-0.1, -0.05) is 6.92 Å². The topological polar surface area (TPSA) is 78.9 Å². The third-order valence-corrected chi connectivity index (χ3v) is 2.82. The first kappa shape index (κ1) is 17.3. The maximum absolute atomic E-state index is 13.9. The van der Waals surface area contributed by atoms with Gasteiger partial charge in [-0.2, -0.15) is 0 Å². The highest BCUT2D eigenvalue weighted by atomic mass is 19.1. The smallest absolute Gasteiger partial charge is 0.320 e. The highest BCUT2D eigenvalue weighted by Gasteiger charge is 2.42. The molecule has 2 atom stereocenters. The molecule has 0 aliphatic heterocycles. The number of esters is 3. The Hall–Kier alpha value is -1.66. The van der Waals surface area contributed by atoms with Crippen molar-refractivity contribution in [1.29, 1.82) is 0 Å². The number of alkyl halides is 1. The molecular weight excluding hydrogens is 259 g/mol. The van der Waals surface area contributed by atoms with E-state index < -0.39 is 42.3 Å². The van der Waals surface area contributed by atoms with Crippen LogP contribution in [0.4, 0.5) is 4.39 Å². The molecule has 0 saturated carbocycles. The molecule has 0 bridgehead atoms. The first-order valence-electron chi connectivity index (χ1n) is 5.79. The Bertz CT molecular complexity index is 314. The zero-order chi connectivity index (χ0) is 15.0. The third kappa shape index (κ3) is 4.84. The Morgan fingerprint density at radius 2 is 1.47 bits per heavy atom. The summed E-state index contributed by atoms with van der Waals surface area (Å²) in [5, 5.41) is 0. The largest absolute Gasteiger partial charge is 0.469 e. The number of halogens is 1. The fourth-order valence-corrected chi connectivity index (χ4v) is 1.73. The lowest BCUT2D eigenvalue weighted by Crippen LogP contribution is -2.39. The fourth-order valence-electron chi connectivity index (χ4n) is 1.73. The quantitative estimate of drug-likeness (QED) is 0.391. The zero-order valence-electron chi connectivity index (χ0n) is 11.5. The molecule has 0 amide bonds. The van der Waals surface area contributed by atoms with Crippen molar-refractivity contribution < 1.29 is 33.0 Å². The molecule has 0 heterocycles. The molecule has 0 spiro atoms. The monoisotopic (exact) mass is 278 g/mol. The second-order valence-electron chi connectivity index (χ2n) is 3.89. The SMILES string of the molecule is CCC(F)C(CC(=O)OC)C(C(=O)OC)C(=O)OC. The lowest BCUT2D eigenvalue weighted by atomic mass is 9.84. The van der Waals surface area contributed by atoms with E-state index in [2.05, 4.69) is 14.2 Å². The second-order valence-corrected chi connectivity index (χ2v) is 3.89. The van der Waals surface area contributed by atoms with Crippen molar-refractivity contribution in [2.45, 2.75) is 25.9 Å². The first-order valence-corrected chi connectivity index (χ1v) is 5.79. The van der Waals surface area contributed by atoms with Gasteiger partial charge in [0, 0.05) is 5.92 Å². The predicted molar refractivity (Wildman–Crippen MR) is 62.8 cm³/mol. The molecule has 110 valence electrons. The molecule has 6 nitrogen and oxygen atoms in total. The Morgan fingerprint density at radius 1 is 1.00 bits per heavy atom. The average molecular weight is 278 g/mol. The average Bonchev–Trinajstić information content (AvgIpc) is 2.44. The van der Waals surface area contributed by atoms with E-state index in [9.17, 15) is 18.8 Å². The van der Waals surface area contributed by atoms with Gasteiger partial charge in [-0.15, -0.1) is 0 Å². The van der Waals surface area contributed by atoms with Crippen LogP contribution < -0.4 is 0 Å². The van der Waals surface area contributed by atoms with Gasteiger partial charge < -0.3 is 14.2 Å². The molecule has 0 aromatic carbocycles. The van der Waals surface area contributed by atoms with Gasteiger partial charge in [0.25, 0.3) is 0 Å². The van der Waals surface area contributed by atoms with Crippen molar-refractivity contribution in [3.8, 4) is 0 Å². The molecule has 7 heteroatoms. The number of methoxy groups -OCH3 is 3. The van der Waals surface area contributed by atoms with Crippen LogP contribution in [-0.4, -0.2) is 45.4 Å². The molecule has 0 rings (SSSR count). The fraction of sp³-hybridized carbons (Fsp3) is 0.750. The second kappa shape index (κ2) is 8.44. The van der Waals surface area contributed by atoms with Gasteiger partial charge in [0.1, 0.15) is 6.17 Å². The number of ether oxygens (including phenoxy) is 3. The summed E-state index contributed by atoms with van der Waals surface area (Å²) in [6.07, 6.45) is -1.88. The van der Waals surface area contributed by atoms with Crippen molar-refractivity contribution in [3.05, 3.63) is 0 Å². The molecule has 0 aromatic rings. The van der Waals surface area contributed by atoms with E-state index in [4.69, 9.17) is 0 Å². The van der Waals surface area contributed by atoms with Crippen molar-refractivity contribution in [3.63, 3.8) is 0 Å². The minimum Gasteiger partial charge on any atom is -0.469 e. The van der Waals surface area contributed by atoms with Crippen LogP contribution in [0.15, 0.2) is 0 Å².